The van der Waals surface area contributed by atoms with Crippen LogP contribution in [0.15, 0.2) is 0 Å². The van der Waals surface area contributed by atoms with Crippen LogP contribution in [0.25, 0.3) is 0 Å². The number of nitrogens with zero attached hydrogens (tertiary/aromatic N) is 1. The van der Waals surface area contributed by atoms with E-state index in [0.29, 0.717) is 26.3 Å². The van der Waals surface area contributed by atoms with Crippen molar-refractivity contribution >= 4 is 0 Å². The van der Waals surface area contributed by atoms with Gasteiger partial charge in [0.25, 0.3) is 0 Å². The Morgan fingerprint density at radius 2 is 1.31 bits per heavy atom. The molecule has 0 radical (unpaired) electrons. The Hall–Kier alpha value is 0.356. The van der Waals surface area contributed by atoms with Crippen LogP contribution in [0, 0.1) is 5.21 Å². The molecule has 0 aromatic carbocycles. The number of quaternary nitrogens is 1. The van der Waals surface area contributed by atoms with Gasteiger partial charge in [-0.2, -0.15) is 0 Å². The van der Waals surface area contributed by atoms with Crippen LogP contribution in [0.2, 0.25) is 0 Å². The summed E-state index contributed by atoms with van der Waals surface area (Å²) < 4.78 is 4.86. The Balaban J connectivity index is -0.0000000427. The van der Waals surface area contributed by atoms with E-state index in [1.54, 1.807) is 7.05 Å². The normalized spacial score (nSPS) is 17.1. The van der Waals surface area contributed by atoms with E-state index in [2.05, 4.69) is 0 Å². The number of hydrogen-bond donors (Lipinski definition) is 0. The minimum atomic E-state index is -0.125. The Morgan fingerprint density at radius 3 is 1.46 bits per heavy atom. The molecule has 1 aliphatic heterocycles. The molecule has 0 aromatic heterocycles. The molecule has 8 heteroatoms. The van der Waals surface area contributed by atoms with Crippen LogP contribution in [0.4, 0.5) is 0 Å². The second kappa shape index (κ2) is 12.4. The van der Waals surface area contributed by atoms with Crippen LogP contribution in [0.3, 0.4) is 0 Å². The average Bonchev–Trinajstić information content (AvgIpc) is 1.65. The van der Waals surface area contributed by atoms with Crippen LogP contribution < -0.4 is 0 Å². The van der Waals surface area contributed by atoms with Gasteiger partial charge in [0.2, 0.25) is 0 Å². The van der Waals surface area contributed by atoms with Crippen molar-refractivity contribution in [1.29, 1.82) is 0 Å². The number of hydrogen-bond acceptors (Lipinski definition) is 2. The quantitative estimate of drug-likeness (QED) is 0.417. The predicted molar refractivity (Wildman–Crippen MR) is 32.9 cm³/mol. The van der Waals surface area contributed by atoms with Gasteiger partial charge in [-0.05, 0) is 0 Å². The van der Waals surface area contributed by atoms with Crippen molar-refractivity contribution in [1.82, 2.24) is 0 Å². The van der Waals surface area contributed by atoms with Gasteiger partial charge in [-0.25, -0.2) is 0 Å². The minimum absolute atomic E-state index is 0. The molecule has 1 rings (SSSR count). The molecule has 1 fully saturated rings. The summed E-state index contributed by atoms with van der Waals surface area (Å²) in [4.78, 5) is 0. The first kappa shape index (κ1) is 29.2. The predicted octanol–water partition coefficient (Wildman–Crippen LogP) is -0.517. The number of rotatable bonds is 0. The molecule has 13 heavy (non-hydrogen) atoms. The van der Waals surface area contributed by atoms with Gasteiger partial charge >= 0.3 is 19.8 Å². The average molecular weight is 371 g/mol. The van der Waals surface area contributed by atoms with Crippen LogP contribution in [0.1, 0.15) is 0 Å². The minimum Gasteiger partial charge on any atom is -2.00 e. The zero-order valence-corrected chi connectivity index (χ0v) is 9.62. The number of morpholine rings is 1. The van der Waals surface area contributed by atoms with Crippen LogP contribution in [-0.4, -0.2) is 38.0 Å². The van der Waals surface area contributed by atoms with Gasteiger partial charge in [-0.1, -0.05) is 0 Å². The van der Waals surface area contributed by atoms with E-state index in [1.807, 2.05) is 0 Å². The van der Waals surface area contributed by atoms with Gasteiger partial charge in [0, 0.05) is 0 Å². The van der Waals surface area contributed by atoms with Gasteiger partial charge in [-0.15, -0.1) is 0 Å². The molecular formula is C5H11NO6Os. The second-order valence-electron chi connectivity index (χ2n) is 2.36. The maximum atomic E-state index is 11.0. The molecule has 0 unspecified atom stereocenters. The summed E-state index contributed by atoms with van der Waals surface area (Å²) in [6.07, 6.45) is 0. The smallest absolute Gasteiger partial charge is 2.00 e. The second-order valence-corrected chi connectivity index (χ2v) is 2.36. The van der Waals surface area contributed by atoms with E-state index in [0.717, 1.165) is 0 Å². The van der Waals surface area contributed by atoms with Crippen molar-refractivity contribution in [2.45, 2.75) is 0 Å². The fraction of sp³-hybridized carbons (Fsp3) is 1.00. The van der Waals surface area contributed by atoms with E-state index < -0.39 is 0 Å². The van der Waals surface area contributed by atoms with Crippen molar-refractivity contribution in [3.8, 4) is 0 Å². The molecule has 0 spiro atoms. The largest absolute Gasteiger partial charge is 8.00 e. The summed E-state index contributed by atoms with van der Waals surface area (Å²) in [6.45, 7) is 2.47. The van der Waals surface area contributed by atoms with Crippen molar-refractivity contribution in [3.63, 3.8) is 0 Å². The van der Waals surface area contributed by atoms with Crippen molar-refractivity contribution < 1.29 is 51.1 Å². The summed E-state index contributed by atoms with van der Waals surface area (Å²) in [5.41, 5.74) is 0. The fourth-order valence-electron chi connectivity index (χ4n) is 0.729. The zero-order chi connectivity index (χ0) is 6.04. The van der Waals surface area contributed by atoms with Gasteiger partial charge in [0.05, 0.1) is 20.3 Å². The SMILES string of the molecule is C[N+]1([O-])CCOCC1.[O-2].[O-2].[O-2].[O-2].[Os+8]. The molecule has 7 nitrogen and oxygen atoms in total. The van der Waals surface area contributed by atoms with Crippen LogP contribution >= 0.6 is 0 Å². The summed E-state index contributed by atoms with van der Waals surface area (Å²) in [5, 5.41) is 11.0. The van der Waals surface area contributed by atoms with Crippen LogP contribution in [0.5, 0.6) is 0 Å². The summed E-state index contributed by atoms with van der Waals surface area (Å²) in [7, 11) is 1.68. The van der Waals surface area contributed by atoms with Gasteiger partial charge in [-0.3, -0.25) is 0 Å². The standard InChI is InChI=1S/C5H11NO2.4O.Os/c1-6(7)2-4-8-5-3-6;;;;;/h2-5H2,1H3;;;;;/q;4*-2;+8. The first-order valence-corrected chi connectivity index (χ1v) is 2.84. The third-order valence-corrected chi connectivity index (χ3v) is 1.42. The Morgan fingerprint density at radius 1 is 1.00 bits per heavy atom. The van der Waals surface area contributed by atoms with Crippen molar-refractivity contribution in [2.75, 3.05) is 33.4 Å². The van der Waals surface area contributed by atoms with E-state index in [1.165, 1.54) is 0 Å². The molecule has 0 bridgehead atoms. The molecule has 0 aliphatic carbocycles. The molecule has 1 aliphatic rings. The van der Waals surface area contributed by atoms with E-state index in [4.69, 9.17) is 4.74 Å². The van der Waals surface area contributed by atoms with Gasteiger partial charge in [0.1, 0.15) is 13.1 Å². The van der Waals surface area contributed by atoms with E-state index in [9.17, 15) is 5.21 Å². The fourth-order valence-corrected chi connectivity index (χ4v) is 0.729. The third kappa shape index (κ3) is 12.4. The molecule has 0 saturated carbocycles. The first-order chi connectivity index (χ1) is 3.71. The van der Waals surface area contributed by atoms with E-state index >= 15 is 0 Å². The molecule has 0 atom stereocenters. The number of likely N-dealkylation sites (N-methyl/N-ethyl adjacent to an activating group) is 1. The molecule has 1 heterocycles. The first-order valence-electron chi connectivity index (χ1n) is 2.84. The molecule has 0 aromatic rings. The summed E-state index contributed by atoms with van der Waals surface area (Å²) in [5.74, 6) is 0. The maximum Gasteiger partial charge on any atom is 8.00 e. The monoisotopic (exact) mass is 373 g/mol. The van der Waals surface area contributed by atoms with E-state index in [-0.39, 0.29) is 46.3 Å². The topological polar surface area (TPSA) is 146 Å². The third-order valence-electron chi connectivity index (χ3n) is 1.42. The Labute approximate surface area is 90.1 Å². The van der Waals surface area contributed by atoms with Gasteiger partial charge in [0.15, 0.2) is 0 Å². The number of ether oxygens (including phenoxy) is 1. The van der Waals surface area contributed by atoms with Crippen molar-refractivity contribution in [3.05, 3.63) is 5.21 Å². The molecular weight excluding hydrogens is 360 g/mol. The molecule has 80 valence electrons. The summed E-state index contributed by atoms with van der Waals surface area (Å²) in [6, 6.07) is 0. The Kier molecular flexibility index (Phi) is 27.8. The zero-order valence-electron chi connectivity index (χ0n) is 7.08. The van der Waals surface area contributed by atoms with Crippen molar-refractivity contribution in [2.24, 2.45) is 0 Å². The maximum absolute atomic E-state index is 11.0. The molecule has 1 saturated heterocycles. The van der Waals surface area contributed by atoms with Crippen LogP contribution in [-0.2, 0) is 46.4 Å². The molecule has 0 N–H and O–H groups in total. The number of hydroxylamine groups is 3. The van der Waals surface area contributed by atoms with Gasteiger partial charge < -0.3 is 36.5 Å². The Bertz CT molecular complexity index is 85.1. The summed E-state index contributed by atoms with van der Waals surface area (Å²) >= 11 is 0. The molecule has 0 amide bonds.